The number of Topliss-reactive ketones (excluding diaryl/α,β-unsaturated/α-hetero) is 2. The lowest BCUT2D eigenvalue weighted by Crippen LogP contribution is -2.30. The van der Waals surface area contributed by atoms with Gasteiger partial charge in [-0.3, -0.25) is 9.59 Å². The Hall–Kier alpha value is -1.68. The molecule has 0 radical (unpaired) electrons. The highest BCUT2D eigenvalue weighted by atomic mass is 35.5. The van der Waals surface area contributed by atoms with Crippen molar-refractivity contribution in [1.29, 1.82) is 0 Å². The predicted molar refractivity (Wildman–Crippen MR) is 71.3 cm³/mol. The molecule has 0 fully saturated rings. The number of hydrogen-bond acceptors (Lipinski definition) is 4. The number of benzene rings is 1. The molecule has 0 aliphatic heterocycles. The molecular weight excluding hydrogens is 268 g/mol. The molecule has 1 rings (SSSR count). The Morgan fingerprint density at radius 1 is 1.21 bits per heavy atom. The van der Waals surface area contributed by atoms with Crippen molar-refractivity contribution in [3.8, 4) is 0 Å². The molecule has 0 aliphatic rings. The Labute approximate surface area is 116 Å². The van der Waals surface area contributed by atoms with Crippen LogP contribution in [-0.4, -0.2) is 23.1 Å². The lowest BCUT2D eigenvalue weighted by atomic mass is 10.1. The second-order valence-electron chi connectivity index (χ2n) is 5.04. The third-order valence-corrected chi connectivity index (χ3v) is 2.33. The van der Waals surface area contributed by atoms with Gasteiger partial charge in [-0.15, -0.1) is 0 Å². The van der Waals surface area contributed by atoms with E-state index in [1.807, 2.05) is 0 Å². The van der Waals surface area contributed by atoms with E-state index < -0.39 is 29.6 Å². The van der Waals surface area contributed by atoms with Gasteiger partial charge < -0.3 is 4.74 Å². The molecule has 19 heavy (non-hydrogen) atoms. The zero-order valence-electron chi connectivity index (χ0n) is 11.0. The first-order valence-corrected chi connectivity index (χ1v) is 6.12. The van der Waals surface area contributed by atoms with E-state index in [0.29, 0.717) is 10.6 Å². The maximum Gasteiger partial charge on any atom is 0.375 e. The van der Waals surface area contributed by atoms with Crippen molar-refractivity contribution in [2.75, 3.05) is 0 Å². The van der Waals surface area contributed by atoms with Gasteiger partial charge in [-0.05, 0) is 32.9 Å². The van der Waals surface area contributed by atoms with Gasteiger partial charge in [-0.2, -0.15) is 0 Å². The van der Waals surface area contributed by atoms with Crippen molar-refractivity contribution in [3.63, 3.8) is 0 Å². The summed E-state index contributed by atoms with van der Waals surface area (Å²) in [6.45, 7) is 4.95. The molecule has 0 spiro atoms. The Bertz CT molecular complexity index is 514. The van der Waals surface area contributed by atoms with E-state index in [0.717, 1.165) is 0 Å². The van der Waals surface area contributed by atoms with E-state index >= 15 is 0 Å². The number of rotatable bonds is 4. The van der Waals surface area contributed by atoms with Crippen molar-refractivity contribution in [1.82, 2.24) is 0 Å². The molecule has 102 valence electrons. The van der Waals surface area contributed by atoms with E-state index in [4.69, 9.17) is 16.3 Å². The zero-order valence-corrected chi connectivity index (χ0v) is 11.8. The van der Waals surface area contributed by atoms with Gasteiger partial charge in [0, 0.05) is 10.6 Å². The molecule has 0 N–H and O–H groups in total. The summed E-state index contributed by atoms with van der Waals surface area (Å²) in [7, 11) is 0. The number of hydrogen-bond donors (Lipinski definition) is 0. The maximum absolute atomic E-state index is 11.8. The van der Waals surface area contributed by atoms with Crippen LogP contribution in [0.5, 0.6) is 0 Å². The van der Waals surface area contributed by atoms with Crippen molar-refractivity contribution in [2.45, 2.75) is 32.8 Å². The van der Waals surface area contributed by atoms with E-state index in [9.17, 15) is 14.4 Å². The number of carbonyl (C=O) groups is 3. The van der Waals surface area contributed by atoms with E-state index in [1.165, 1.54) is 12.1 Å². The van der Waals surface area contributed by atoms with Crippen LogP contribution in [0.3, 0.4) is 0 Å². The molecule has 1 aromatic carbocycles. The van der Waals surface area contributed by atoms with E-state index in [1.54, 1.807) is 32.9 Å². The molecule has 0 amide bonds. The predicted octanol–water partition coefficient (Wildman–Crippen LogP) is 2.82. The van der Waals surface area contributed by atoms with Crippen molar-refractivity contribution in [2.24, 2.45) is 0 Å². The summed E-state index contributed by atoms with van der Waals surface area (Å²) in [5.41, 5.74) is -0.462. The molecule has 0 saturated carbocycles. The monoisotopic (exact) mass is 282 g/mol. The van der Waals surface area contributed by atoms with Crippen LogP contribution in [0.1, 0.15) is 37.6 Å². The van der Waals surface area contributed by atoms with Crippen LogP contribution in [0.25, 0.3) is 0 Å². The quantitative estimate of drug-likeness (QED) is 0.369. The second-order valence-corrected chi connectivity index (χ2v) is 5.47. The minimum atomic E-state index is -0.997. The normalized spacial score (nSPS) is 10.9. The maximum atomic E-state index is 11.8. The second kappa shape index (κ2) is 5.97. The minimum Gasteiger partial charge on any atom is -0.454 e. The highest BCUT2D eigenvalue weighted by molar-refractivity contribution is 6.38. The van der Waals surface area contributed by atoms with Crippen LogP contribution in [0.15, 0.2) is 24.3 Å². The highest BCUT2D eigenvalue weighted by Gasteiger charge is 2.25. The van der Waals surface area contributed by atoms with Crippen LogP contribution in [0.4, 0.5) is 0 Å². The molecule has 4 nitrogen and oxygen atoms in total. The van der Waals surface area contributed by atoms with Crippen LogP contribution in [-0.2, 0) is 14.3 Å². The van der Waals surface area contributed by atoms with Crippen LogP contribution in [0.2, 0.25) is 5.02 Å². The number of halogens is 1. The summed E-state index contributed by atoms with van der Waals surface area (Å²) in [4.78, 5) is 34.8. The van der Waals surface area contributed by atoms with Crippen LogP contribution < -0.4 is 0 Å². The molecule has 0 atom stereocenters. The fraction of sp³-hybridized carbons (Fsp3) is 0.357. The molecule has 0 aliphatic carbocycles. The number of ketones is 2. The summed E-state index contributed by atoms with van der Waals surface area (Å²) in [6.07, 6.45) is -0.519. The molecule has 5 heteroatoms. The fourth-order valence-electron chi connectivity index (χ4n) is 1.32. The van der Waals surface area contributed by atoms with Gasteiger partial charge >= 0.3 is 5.97 Å². The lowest BCUT2D eigenvalue weighted by Gasteiger charge is -2.18. The topological polar surface area (TPSA) is 60.4 Å². The van der Waals surface area contributed by atoms with Gasteiger partial charge in [0.15, 0.2) is 5.78 Å². The Morgan fingerprint density at radius 3 is 2.37 bits per heavy atom. The summed E-state index contributed by atoms with van der Waals surface area (Å²) >= 11 is 5.75. The third-order valence-electron chi connectivity index (χ3n) is 2.09. The lowest BCUT2D eigenvalue weighted by molar-refractivity contribution is -0.162. The average molecular weight is 283 g/mol. The highest BCUT2D eigenvalue weighted by Crippen LogP contribution is 2.13. The molecule has 0 unspecified atom stereocenters. The van der Waals surface area contributed by atoms with Crippen LogP contribution >= 0.6 is 11.6 Å². The molecule has 0 bridgehead atoms. The van der Waals surface area contributed by atoms with Crippen molar-refractivity contribution < 1.29 is 19.1 Å². The third kappa shape index (κ3) is 5.22. The molecule has 0 aromatic heterocycles. The first-order valence-electron chi connectivity index (χ1n) is 5.74. The Balaban J connectivity index is 2.67. The first kappa shape index (κ1) is 15.4. The van der Waals surface area contributed by atoms with Gasteiger partial charge in [0.1, 0.15) is 5.60 Å². The summed E-state index contributed by atoms with van der Waals surface area (Å²) < 4.78 is 4.89. The van der Waals surface area contributed by atoms with Gasteiger partial charge in [0.2, 0.25) is 5.78 Å². The summed E-state index contributed by atoms with van der Waals surface area (Å²) in [5, 5.41) is 0.399. The fourth-order valence-corrected chi connectivity index (χ4v) is 1.51. The Kier molecular flexibility index (Phi) is 4.84. The SMILES string of the molecule is CC(C)(C)OC(=O)C(=O)CC(=O)c1cccc(Cl)c1. The first-order chi connectivity index (χ1) is 8.69. The standard InChI is InChI=1S/C14H15ClO4/c1-14(2,3)19-13(18)12(17)8-11(16)9-5-4-6-10(15)7-9/h4-7H,8H2,1-3H3. The number of carbonyl (C=O) groups excluding carboxylic acids is 3. The van der Waals surface area contributed by atoms with Crippen LogP contribution in [0, 0.1) is 0 Å². The van der Waals surface area contributed by atoms with E-state index in [-0.39, 0.29) is 0 Å². The van der Waals surface area contributed by atoms with Gasteiger partial charge in [0.25, 0.3) is 0 Å². The average Bonchev–Trinajstić information content (AvgIpc) is 2.26. The van der Waals surface area contributed by atoms with Crippen molar-refractivity contribution in [3.05, 3.63) is 34.9 Å². The summed E-state index contributed by atoms with van der Waals surface area (Å²) in [6, 6.07) is 6.21. The van der Waals surface area contributed by atoms with Gasteiger partial charge in [-0.1, -0.05) is 23.7 Å². The van der Waals surface area contributed by atoms with Gasteiger partial charge in [-0.25, -0.2) is 4.79 Å². The summed E-state index contributed by atoms with van der Waals surface area (Å²) in [5.74, 6) is -2.32. The molecule has 0 saturated heterocycles. The number of ether oxygens (including phenoxy) is 1. The van der Waals surface area contributed by atoms with E-state index in [2.05, 4.69) is 0 Å². The largest absolute Gasteiger partial charge is 0.454 e. The molecule has 0 heterocycles. The molecular formula is C14H15ClO4. The van der Waals surface area contributed by atoms with Gasteiger partial charge in [0.05, 0.1) is 6.42 Å². The number of esters is 1. The van der Waals surface area contributed by atoms with Crippen molar-refractivity contribution >= 4 is 29.1 Å². The molecule has 1 aromatic rings. The zero-order chi connectivity index (χ0) is 14.6. The smallest absolute Gasteiger partial charge is 0.375 e. The minimum absolute atomic E-state index is 0.296. The Morgan fingerprint density at radius 2 is 1.84 bits per heavy atom.